The molecule has 0 bridgehead atoms. The standard InChI is InChI=1S/C14H20N2O4/c1-20-11(9-15)8-13(17)16-12(14(18)19)7-10-5-3-2-4-6-10/h2-6,11-12H,7-9,15H2,1H3,(H,16,17)(H,18,19)/t11?,12-/m0/s1. The summed E-state index contributed by atoms with van der Waals surface area (Å²) in [6.07, 6.45) is -0.116. The molecule has 0 aliphatic heterocycles. The van der Waals surface area contributed by atoms with Gasteiger partial charge in [-0.15, -0.1) is 0 Å². The Morgan fingerprint density at radius 2 is 2.00 bits per heavy atom. The van der Waals surface area contributed by atoms with E-state index in [9.17, 15) is 9.59 Å². The largest absolute Gasteiger partial charge is 0.480 e. The quantitative estimate of drug-likeness (QED) is 0.629. The van der Waals surface area contributed by atoms with Crippen molar-refractivity contribution in [2.75, 3.05) is 13.7 Å². The van der Waals surface area contributed by atoms with Crippen molar-refractivity contribution in [2.45, 2.75) is 25.0 Å². The summed E-state index contributed by atoms with van der Waals surface area (Å²) in [5, 5.41) is 11.7. The number of carbonyl (C=O) groups excluding carboxylic acids is 1. The van der Waals surface area contributed by atoms with E-state index in [0.717, 1.165) is 5.56 Å². The Morgan fingerprint density at radius 1 is 1.35 bits per heavy atom. The molecule has 0 aliphatic rings. The Kier molecular flexibility index (Phi) is 6.69. The molecule has 0 saturated carbocycles. The predicted octanol–water partition coefficient (Wildman–Crippen LogP) is 0.162. The molecule has 0 spiro atoms. The van der Waals surface area contributed by atoms with Gasteiger partial charge in [-0.05, 0) is 5.56 Å². The lowest BCUT2D eigenvalue weighted by atomic mass is 10.1. The Balaban J connectivity index is 2.59. The fraction of sp³-hybridized carbons (Fsp3) is 0.429. The molecule has 2 atom stereocenters. The monoisotopic (exact) mass is 280 g/mol. The van der Waals surface area contributed by atoms with Crippen molar-refractivity contribution in [2.24, 2.45) is 5.73 Å². The molecule has 110 valence electrons. The molecule has 6 nitrogen and oxygen atoms in total. The molecular formula is C14H20N2O4. The number of carboxylic acids is 1. The zero-order valence-corrected chi connectivity index (χ0v) is 11.4. The number of hydrogen-bond acceptors (Lipinski definition) is 4. The lowest BCUT2D eigenvalue weighted by molar-refractivity contribution is -0.142. The number of carboxylic acid groups (broad SMARTS) is 1. The third-order valence-electron chi connectivity index (χ3n) is 2.93. The highest BCUT2D eigenvalue weighted by Crippen LogP contribution is 2.04. The van der Waals surface area contributed by atoms with Gasteiger partial charge in [-0.2, -0.15) is 0 Å². The molecule has 4 N–H and O–H groups in total. The van der Waals surface area contributed by atoms with Gasteiger partial charge in [-0.1, -0.05) is 30.3 Å². The smallest absolute Gasteiger partial charge is 0.326 e. The maximum atomic E-state index is 11.8. The van der Waals surface area contributed by atoms with Crippen molar-refractivity contribution in [3.8, 4) is 0 Å². The summed E-state index contributed by atoms with van der Waals surface area (Å²) >= 11 is 0. The van der Waals surface area contributed by atoms with Gasteiger partial charge < -0.3 is 20.9 Å². The van der Waals surface area contributed by atoms with E-state index < -0.39 is 18.1 Å². The van der Waals surface area contributed by atoms with E-state index in [4.69, 9.17) is 15.6 Å². The second-order valence-corrected chi connectivity index (χ2v) is 4.45. The van der Waals surface area contributed by atoms with Crippen LogP contribution in [0.5, 0.6) is 0 Å². The van der Waals surface area contributed by atoms with E-state index in [1.165, 1.54) is 7.11 Å². The Hall–Kier alpha value is -1.92. The van der Waals surface area contributed by atoms with Crippen LogP contribution in [0.4, 0.5) is 0 Å². The highest BCUT2D eigenvalue weighted by Gasteiger charge is 2.21. The van der Waals surface area contributed by atoms with Crippen molar-refractivity contribution in [3.05, 3.63) is 35.9 Å². The van der Waals surface area contributed by atoms with Crippen LogP contribution in [0.2, 0.25) is 0 Å². The number of nitrogens with one attached hydrogen (secondary N) is 1. The van der Waals surface area contributed by atoms with Gasteiger partial charge in [0.1, 0.15) is 6.04 Å². The molecule has 0 radical (unpaired) electrons. The van der Waals surface area contributed by atoms with Crippen molar-refractivity contribution in [1.82, 2.24) is 5.32 Å². The summed E-state index contributed by atoms with van der Waals surface area (Å²) in [6, 6.07) is 8.18. The summed E-state index contributed by atoms with van der Waals surface area (Å²) < 4.78 is 5.00. The maximum Gasteiger partial charge on any atom is 0.326 e. The molecule has 1 amide bonds. The van der Waals surface area contributed by atoms with E-state index in [-0.39, 0.29) is 25.3 Å². The highest BCUT2D eigenvalue weighted by atomic mass is 16.5. The minimum atomic E-state index is -1.07. The number of benzene rings is 1. The third kappa shape index (κ3) is 5.38. The van der Waals surface area contributed by atoms with Crippen molar-refractivity contribution in [3.63, 3.8) is 0 Å². The lowest BCUT2D eigenvalue weighted by Gasteiger charge is -2.17. The number of hydrogen-bond donors (Lipinski definition) is 3. The predicted molar refractivity (Wildman–Crippen MR) is 74.2 cm³/mol. The molecule has 1 unspecified atom stereocenters. The summed E-state index contributed by atoms with van der Waals surface area (Å²) in [5.74, 6) is -1.45. The number of aliphatic carboxylic acids is 1. The van der Waals surface area contributed by atoms with E-state index in [0.29, 0.717) is 0 Å². The number of carbonyl (C=O) groups is 2. The maximum absolute atomic E-state index is 11.8. The first-order valence-corrected chi connectivity index (χ1v) is 6.35. The van der Waals surface area contributed by atoms with Crippen LogP contribution in [-0.2, 0) is 20.7 Å². The van der Waals surface area contributed by atoms with Gasteiger partial charge in [0.05, 0.1) is 12.5 Å². The van der Waals surface area contributed by atoms with Crippen molar-refractivity contribution < 1.29 is 19.4 Å². The average molecular weight is 280 g/mol. The Morgan fingerprint density at radius 3 is 2.50 bits per heavy atom. The van der Waals surface area contributed by atoms with Gasteiger partial charge in [-0.3, -0.25) is 4.79 Å². The molecule has 1 rings (SSSR count). The van der Waals surface area contributed by atoms with E-state index in [2.05, 4.69) is 5.32 Å². The van der Waals surface area contributed by atoms with Gasteiger partial charge in [0.15, 0.2) is 0 Å². The van der Waals surface area contributed by atoms with Gasteiger partial charge in [0.2, 0.25) is 5.91 Å². The minimum Gasteiger partial charge on any atom is -0.480 e. The number of rotatable bonds is 8. The van der Waals surface area contributed by atoms with E-state index >= 15 is 0 Å². The first-order valence-electron chi connectivity index (χ1n) is 6.35. The minimum absolute atomic E-state index is 0.0472. The molecule has 0 aliphatic carbocycles. The number of methoxy groups -OCH3 is 1. The van der Waals surface area contributed by atoms with Gasteiger partial charge in [-0.25, -0.2) is 4.79 Å². The molecule has 0 saturated heterocycles. The molecule has 1 aromatic rings. The first-order chi connectivity index (χ1) is 9.56. The van der Waals surface area contributed by atoms with Crippen LogP contribution < -0.4 is 11.1 Å². The van der Waals surface area contributed by atoms with Crippen molar-refractivity contribution in [1.29, 1.82) is 0 Å². The summed E-state index contributed by atoms with van der Waals surface area (Å²) in [6.45, 7) is 0.209. The average Bonchev–Trinajstić information content (AvgIpc) is 2.45. The fourth-order valence-corrected chi connectivity index (χ4v) is 1.77. The molecule has 0 heterocycles. The number of amides is 1. The number of ether oxygens (including phenoxy) is 1. The SMILES string of the molecule is COC(CN)CC(=O)N[C@@H](Cc1ccccc1)C(=O)O. The van der Waals surface area contributed by atoms with Crippen LogP contribution in [0.25, 0.3) is 0 Å². The second-order valence-electron chi connectivity index (χ2n) is 4.45. The summed E-state index contributed by atoms with van der Waals surface area (Å²) in [4.78, 5) is 23.0. The third-order valence-corrected chi connectivity index (χ3v) is 2.93. The first kappa shape index (κ1) is 16.1. The Bertz CT molecular complexity index is 432. The topological polar surface area (TPSA) is 102 Å². The molecule has 6 heteroatoms. The normalized spacial score (nSPS) is 13.5. The van der Waals surface area contributed by atoms with E-state index in [1.54, 1.807) is 0 Å². The summed E-state index contributed by atoms with van der Waals surface area (Å²) in [7, 11) is 1.46. The molecule has 0 aromatic heterocycles. The molecule has 0 fully saturated rings. The molecule has 1 aromatic carbocycles. The molecular weight excluding hydrogens is 260 g/mol. The van der Waals surface area contributed by atoms with E-state index in [1.807, 2.05) is 30.3 Å². The highest BCUT2D eigenvalue weighted by molar-refractivity contribution is 5.84. The fourth-order valence-electron chi connectivity index (χ4n) is 1.77. The van der Waals surface area contributed by atoms with Crippen molar-refractivity contribution >= 4 is 11.9 Å². The Labute approximate surface area is 117 Å². The van der Waals surface area contributed by atoms with Crippen LogP contribution in [0.15, 0.2) is 30.3 Å². The van der Waals surface area contributed by atoms with Crippen LogP contribution in [-0.4, -0.2) is 42.8 Å². The summed E-state index contributed by atoms with van der Waals surface area (Å²) in [5.41, 5.74) is 6.27. The van der Waals surface area contributed by atoms with Crippen LogP contribution >= 0.6 is 0 Å². The van der Waals surface area contributed by atoms with Crippen LogP contribution in [0.1, 0.15) is 12.0 Å². The van der Waals surface area contributed by atoms with Gasteiger partial charge in [0, 0.05) is 20.1 Å². The second kappa shape index (κ2) is 8.29. The van der Waals surface area contributed by atoms with Gasteiger partial charge in [0.25, 0.3) is 0 Å². The van der Waals surface area contributed by atoms with Crippen LogP contribution in [0, 0.1) is 0 Å². The number of nitrogens with two attached hydrogens (primary N) is 1. The lowest BCUT2D eigenvalue weighted by Crippen LogP contribution is -2.44. The zero-order chi connectivity index (χ0) is 15.0. The zero-order valence-electron chi connectivity index (χ0n) is 11.4. The van der Waals surface area contributed by atoms with Gasteiger partial charge >= 0.3 is 5.97 Å². The van der Waals surface area contributed by atoms with Crippen LogP contribution in [0.3, 0.4) is 0 Å². The molecule has 20 heavy (non-hydrogen) atoms.